The van der Waals surface area contributed by atoms with E-state index < -0.39 is 0 Å². The molecule has 0 aromatic carbocycles. The molecule has 4 N–H and O–H groups in total. The molecule has 0 spiro atoms. The molecule has 11 heteroatoms. The van der Waals surface area contributed by atoms with Crippen LogP contribution in [0.2, 0.25) is 0 Å². The van der Waals surface area contributed by atoms with Gasteiger partial charge in [-0.3, -0.25) is 0 Å². The third-order valence-electron chi connectivity index (χ3n) is 0. The predicted molar refractivity (Wildman–Crippen MR) is 7.23 cm³/mol. The summed E-state index contributed by atoms with van der Waals surface area (Å²) in [6.07, 6.45) is 0. The Bertz CT molecular complexity index is 7.52. The van der Waals surface area contributed by atoms with Gasteiger partial charge in [-0.1, -0.05) is 0 Å². The summed E-state index contributed by atoms with van der Waals surface area (Å²) < 4.78 is 0. The van der Waals surface area contributed by atoms with E-state index >= 15 is 0 Å². The van der Waals surface area contributed by atoms with Crippen molar-refractivity contribution in [2.24, 2.45) is 0 Å². The van der Waals surface area contributed by atoms with E-state index in [2.05, 4.69) is 0 Å². The summed E-state index contributed by atoms with van der Waals surface area (Å²) in [5.41, 5.74) is 0. The topological polar surface area (TPSA) is 63.0 Å². The molecular formula is H4O2Ti9. The fourth-order valence-electron chi connectivity index (χ4n) is 0. The van der Waals surface area contributed by atoms with Gasteiger partial charge >= 0.3 is 0 Å². The minimum atomic E-state index is 0. The quantitative estimate of drug-likeness (QED) is 0.383. The van der Waals surface area contributed by atoms with Crippen LogP contribution in [0.25, 0.3) is 0 Å². The van der Waals surface area contributed by atoms with E-state index in [1.165, 1.54) is 0 Å². The Kier molecular flexibility index (Phi) is 999. The maximum Gasteiger partial charge on any atom is 0 e. The zero-order valence-electron chi connectivity index (χ0n) is 5.50. The van der Waals surface area contributed by atoms with Crippen LogP contribution in [0.4, 0.5) is 0 Å². The summed E-state index contributed by atoms with van der Waals surface area (Å²) in [7, 11) is 0. The van der Waals surface area contributed by atoms with Crippen LogP contribution < -0.4 is 0 Å². The smallest absolute Gasteiger partial charge is 0 e. The van der Waals surface area contributed by atoms with Gasteiger partial charge < -0.3 is 11.0 Å². The number of hydrogen-bond donors (Lipinski definition) is 0. The van der Waals surface area contributed by atoms with Gasteiger partial charge in [-0.05, 0) is 0 Å². The van der Waals surface area contributed by atoms with Gasteiger partial charge in [0.25, 0.3) is 0 Å². The molecule has 0 aromatic rings. The molecule has 0 aliphatic rings. The first-order chi connectivity index (χ1) is 0. The standard InChI is InChI=1S/2H2O.9Ti/h2*1H2;;;;;;;;;. The van der Waals surface area contributed by atoms with E-state index in [-0.39, 0.29) is 206 Å². The molecule has 0 aliphatic carbocycles. The Morgan fingerprint density at radius 1 is 0.182 bits per heavy atom. The third-order valence-corrected chi connectivity index (χ3v) is 0. The molecule has 11 heavy (non-hydrogen) atoms. The van der Waals surface area contributed by atoms with Crippen LogP contribution in [0, 0.1) is 0 Å². The van der Waals surface area contributed by atoms with Crippen molar-refractivity contribution in [1.82, 2.24) is 0 Å². The average Bonchev–Trinajstić information content (AvgIpc) is 0. The van der Waals surface area contributed by atoms with Gasteiger partial charge in [0.15, 0.2) is 0 Å². The molecular weight excluding hydrogens is 463 g/mol. The maximum absolute atomic E-state index is 0. The SMILES string of the molecule is O.O.[Ti].[Ti].[Ti].[Ti].[Ti].[Ti].[Ti].[Ti].[Ti]. The number of rotatable bonds is 0. The Morgan fingerprint density at radius 2 is 0.182 bits per heavy atom. The van der Waals surface area contributed by atoms with Gasteiger partial charge in [0, 0.05) is 195 Å². The van der Waals surface area contributed by atoms with Crippen molar-refractivity contribution in [3.05, 3.63) is 0 Å². The zero-order valence-corrected chi connectivity index (χ0v) is 19.6. The molecule has 0 unspecified atom stereocenters. The van der Waals surface area contributed by atoms with Crippen LogP contribution >= 0.6 is 0 Å². The molecule has 2 nitrogen and oxygen atoms in total. The largest absolute Gasteiger partial charge is 0.412 e. The van der Waals surface area contributed by atoms with Crippen LogP contribution in [-0.4, -0.2) is 11.0 Å². The minimum absolute atomic E-state index is 0. The summed E-state index contributed by atoms with van der Waals surface area (Å²) in [5.74, 6) is 0. The fourth-order valence-corrected chi connectivity index (χ4v) is 0. The van der Waals surface area contributed by atoms with E-state index in [1.807, 2.05) is 0 Å². The van der Waals surface area contributed by atoms with Crippen LogP contribution in [0.5, 0.6) is 0 Å². The van der Waals surface area contributed by atoms with Gasteiger partial charge in [0.2, 0.25) is 0 Å². The zero-order chi connectivity index (χ0) is 0. The average molecular weight is 467 g/mol. The molecule has 0 saturated heterocycles. The second-order valence-corrected chi connectivity index (χ2v) is 0. The molecule has 0 bridgehead atoms. The van der Waals surface area contributed by atoms with E-state index in [0.717, 1.165) is 0 Å². The monoisotopic (exact) mass is 468 g/mol. The van der Waals surface area contributed by atoms with Gasteiger partial charge in [-0.15, -0.1) is 0 Å². The molecule has 0 atom stereocenters. The Morgan fingerprint density at radius 3 is 0.182 bits per heavy atom. The van der Waals surface area contributed by atoms with Crippen LogP contribution in [0.15, 0.2) is 0 Å². The third kappa shape index (κ3) is 83.5. The summed E-state index contributed by atoms with van der Waals surface area (Å²) >= 11 is 0. The van der Waals surface area contributed by atoms with Crippen molar-refractivity contribution in [3.63, 3.8) is 0 Å². The normalized spacial score (nSPS) is 0. The van der Waals surface area contributed by atoms with Crippen molar-refractivity contribution < 1.29 is 206 Å². The minimum Gasteiger partial charge on any atom is -0.412 e. The van der Waals surface area contributed by atoms with Crippen molar-refractivity contribution in [1.29, 1.82) is 0 Å². The molecule has 0 aliphatic heterocycles. The second kappa shape index (κ2) is 95.6. The van der Waals surface area contributed by atoms with Crippen LogP contribution in [0.1, 0.15) is 0 Å². The van der Waals surface area contributed by atoms with E-state index in [4.69, 9.17) is 0 Å². The predicted octanol–water partition coefficient (Wildman–Crippen LogP) is -1.67. The van der Waals surface area contributed by atoms with E-state index in [9.17, 15) is 0 Å². The molecule has 0 radical (unpaired) electrons. The molecule has 0 rings (SSSR count). The van der Waals surface area contributed by atoms with Gasteiger partial charge in [-0.25, -0.2) is 0 Å². The van der Waals surface area contributed by atoms with Crippen molar-refractivity contribution in [3.8, 4) is 0 Å². The van der Waals surface area contributed by atoms with E-state index in [0.29, 0.717) is 0 Å². The molecule has 52 valence electrons. The summed E-state index contributed by atoms with van der Waals surface area (Å²) in [5, 5.41) is 0. The van der Waals surface area contributed by atoms with Gasteiger partial charge in [0.05, 0.1) is 0 Å². The van der Waals surface area contributed by atoms with Gasteiger partial charge in [0.1, 0.15) is 0 Å². The van der Waals surface area contributed by atoms with Crippen molar-refractivity contribution >= 4 is 0 Å². The summed E-state index contributed by atoms with van der Waals surface area (Å²) in [4.78, 5) is 0. The first kappa shape index (κ1) is 115. The molecule has 0 aromatic heterocycles. The Labute approximate surface area is 201 Å². The second-order valence-electron chi connectivity index (χ2n) is 0. The summed E-state index contributed by atoms with van der Waals surface area (Å²) in [6.45, 7) is 0. The molecule has 0 fully saturated rings. The molecule has 0 saturated carbocycles. The first-order valence-corrected chi connectivity index (χ1v) is 0. The maximum atomic E-state index is 0. The number of hydrogen-bond acceptors (Lipinski definition) is 0. The Balaban J connectivity index is 0. The fraction of sp³-hybridized carbons (Fsp3) is 0. The van der Waals surface area contributed by atoms with Crippen molar-refractivity contribution in [2.45, 2.75) is 0 Å². The van der Waals surface area contributed by atoms with Crippen LogP contribution in [-0.2, 0) is 195 Å². The first-order valence-electron chi connectivity index (χ1n) is 0. The van der Waals surface area contributed by atoms with Gasteiger partial charge in [-0.2, -0.15) is 0 Å². The molecule has 0 heterocycles. The van der Waals surface area contributed by atoms with E-state index in [1.54, 1.807) is 0 Å². The van der Waals surface area contributed by atoms with Crippen LogP contribution in [0.3, 0.4) is 0 Å². The summed E-state index contributed by atoms with van der Waals surface area (Å²) in [6, 6.07) is 0. The Hall–Kier alpha value is 6.35. The molecule has 0 amide bonds. The van der Waals surface area contributed by atoms with Crippen molar-refractivity contribution in [2.75, 3.05) is 0 Å².